The Hall–Kier alpha value is -2.14. The molecule has 0 bridgehead atoms. The highest BCUT2D eigenvalue weighted by Gasteiger charge is 2.21. The normalized spacial score (nSPS) is 14.1. The number of hydrogen-bond donors (Lipinski definition) is 2. The summed E-state index contributed by atoms with van der Waals surface area (Å²) < 4.78 is 0. The molecule has 0 amide bonds. The van der Waals surface area contributed by atoms with Crippen LogP contribution in [0.25, 0.3) is 11.3 Å². The molecule has 0 unspecified atom stereocenters. The van der Waals surface area contributed by atoms with Crippen LogP contribution in [0.3, 0.4) is 0 Å². The maximum absolute atomic E-state index is 10.9. The fourth-order valence-electron chi connectivity index (χ4n) is 1.87. The first-order chi connectivity index (χ1) is 9.63. The molecule has 2 aromatic rings. The molecule has 1 heterocycles. The summed E-state index contributed by atoms with van der Waals surface area (Å²) in [7, 11) is 0. The highest BCUT2D eigenvalue weighted by molar-refractivity contribution is 6.33. The summed E-state index contributed by atoms with van der Waals surface area (Å²) in [6.45, 7) is 0. The van der Waals surface area contributed by atoms with Gasteiger partial charge in [0, 0.05) is 11.6 Å². The molecule has 1 saturated carbocycles. The van der Waals surface area contributed by atoms with Gasteiger partial charge >= 0.3 is 5.97 Å². The van der Waals surface area contributed by atoms with Gasteiger partial charge in [-0.25, -0.2) is 14.8 Å². The largest absolute Gasteiger partial charge is 0.477 e. The molecule has 6 heteroatoms. The van der Waals surface area contributed by atoms with E-state index < -0.39 is 5.97 Å². The minimum atomic E-state index is -1.08. The Morgan fingerprint density at radius 2 is 2.10 bits per heavy atom. The Morgan fingerprint density at radius 3 is 2.75 bits per heavy atom. The number of anilines is 1. The first kappa shape index (κ1) is 12.9. The van der Waals surface area contributed by atoms with E-state index in [2.05, 4.69) is 15.3 Å². The number of nitrogens with one attached hydrogen (secondary N) is 1. The Morgan fingerprint density at radius 1 is 1.30 bits per heavy atom. The van der Waals surface area contributed by atoms with Crippen molar-refractivity contribution in [2.24, 2.45) is 0 Å². The van der Waals surface area contributed by atoms with E-state index in [1.165, 1.54) is 25.2 Å². The number of aromatic carboxylic acids is 1. The van der Waals surface area contributed by atoms with E-state index in [0.717, 1.165) is 11.3 Å². The van der Waals surface area contributed by atoms with Gasteiger partial charge in [0.1, 0.15) is 6.33 Å². The third kappa shape index (κ3) is 2.72. The molecule has 0 saturated heterocycles. The quantitative estimate of drug-likeness (QED) is 0.905. The van der Waals surface area contributed by atoms with E-state index in [9.17, 15) is 4.79 Å². The lowest BCUT2D eigenvalue weighted by atomic mass is 10.1. The molecule has 5 nitrogen and oxygen atoms in total. The van der Waals surface area contributed by atoms with Crippen LogP contribution >= 0.6 is 11.6 Å². The zero-order valence-corrected chi connectivity index (χ0v) is 11.3. The van der Waals surface area contributed by atoms with Crippen LogP contribution in [0.2, 0.25) is 5.02 Å². The summed E-state index contributed by atoms with van der Waals surface area (Å²) in [4.78, 5) is 18.7. The summed E-state index contributed by atoms with van der Waals surface area (Å²) >= 11 is 6.23. The van der Waals surface area contributed by atoms with Crippen LogP contribution in [0.5, 0.6) is 0 Å². The van der Waals surface area contributed by atoms with Crippen molar-refractivity contribution in [1.29, 1.82) is 0 Å². The summed E-state index contributed by atoms with van der Waals surface area (Å²) in [5, 5.41) is 12.9. The van der Waals surface area contributed by atoms with E-state index in [4.69, 9.17) is 16.7 Å². The van der Waals surface area contributed by atoms with Crippen LogP contribution in [0.15, 0.2) is 30.6 Å². The van der Waals surface area contributed by atoms with Crippen molar-refractivity contribution in [3.05, 3.63) is 41.3 Å². The topological polar surface area (TPSA) is 75.1 Å². The predicted molar refractivity (Wildman–Crippen MR) is 76.1 cm³/mol. The van der Waals surface area contributed by atoms with Crippen molar-refractivity contribution in [3.63, 3.8) is 0 Å². The average molecular weight is 290 g/mol. The Bertz CT molecular complexity index is 671. The van der Waals surface area contributed by atoms with E-state index in [1.54, 1.807) is 6.07 Å². The number of carbonyl (C=O) groups is 1. The third-order valence-electron chi connectivity index (χ3n) is 3.09. The third-order valence-corrected chi connectivity index (χ3v) is 3.40. The van der Waals surface area contributed by atoms with E-state index in [0.29, 0.717) is 16.8 Å². The van der Waals surface area contributed by atoms with Gasteiger partial charge in [0.15, 0.2) is 5.69 Å². The van der Waals surface area contributed by atoms with E-state index >= 15 is 0 Å². The van der Waals surface area contributed by atoms with Gasteiger partial charge in [-0.05, 0) is 31.0 Å². The summed E-state index contributed by atoms with van der Waals surface area (Å²) in [6, 6.07) is 7.49. The van der Waals surface area contributed by atoms with Crippen LogP contribution in [-0.2, 0) is 0 Å². The van der Waals surface area contributed by atoms with Gasteiger partial charge in [-0.15, -0.1) is 0 Å². The summed E-state index contributed by atoms with van der Waals surface area (Å²) in [5.41, 5.74) is 2.16. The van der Waals surface area contributed by atoms with Gasteiger partial charge in [-0.2, -0.15) is 0 Å². The molecule has 2 N–H and O–H groups in total. The predicted octanol–water partition coefficient (Wildman–Crippen LogP) is 3.07. The highest BCUT2D eigenvalue weighted by Crippen LogP contribution is 2.32. The summed E-state index contributed by atoms with van der Waals surface area (Å²) in [5.74, 6) is -1.08. The number of rotatable bonds is 4. The number of hydrogen-bond acceptors (Lipinski definition) is 4. The SMILES string of the molecule is O=C(O)c1cc(-c2ccc(NC3CC3)c(Cl)c2)ncn1. The van der Waals surface area contributed by atoms with Crippen LogP contribution < -0.4 is 5.32 Å². The lowest BCUT2D eigenvalue weighted by molar-refractivity contribution is 0.0690. The van der Waals surface area contributed by atoms with Crippen LogP contribution in [0, 0.1) is 0 Å². The zero-order chi connectivity index (χ0) is 14.1. The lowest BCUT2D eigenvalue weighted by Crippen LogP contribution is -2.02. The molecular weight excluding hydrogens is 278 g/mol. The second kappa shape index (κ2) is 5.09. The molecule has 1 aliphatic rings. The molecule has 0 aliphatic heterocycles. The Labute approximate surface area is 120 Å². The van der Waals surface area contributed by atoms with Crippen LogP contribution in [0.4, 0.5) is 5.69 Å². The minimum Gasteiger partial charge on any atom is -0.477 e. The van der Waals surface area contributed by atoms with E-state index in [1.807, 2.05) is 12.1 Å². The van der Waals surface area contributed by atoms with Gasteiger partial charge in [0.25, 0.3) is 0 Å². The molecule has 1 aromatic carbocycles. The summed E-state index contributed by atoms with van der Waals surface area (Å²) in [6.07, 6.45) is 3.58. The van der Waals surface area contributed by atoms with Gasteiger partial charge in [0.2, 0.25) is 0 Å². The molecule has 1 aliphatic carbocycles. The number of halogens is 1. The van der Waals surface area contributed by atoms with Crippen LogP contribution in [-0.4, -0.2) is 27.1 Å². The smallest absolute Gasteiger partial charge is 0.354 e. The average Bonchev–Trinajstić information content (AvgIpc) is 3.25. The van der Waals surface area contributed by atoms with Crippen molar-refractivity contribution in [2.75, 3.05) is 5.32 Å². The molecule has 102 valence electrons. The van der Waals surface area contributed by atoms with Crippen molar-refractivity contribution in [3.8, 4) is 11.3 Å². The van der Waals surface area contributed by atoms with Crippen LogP contribution in [0.1, 0.15) is 23.3 Å². The maximum Gasteiger partial charge on any atom is 0.354 e. The second-order valence-corrected chi connectivity index (χ2v) is 5.11. The monoisotopic (exact) mass is 289 g/mol. The fraction of sp³-hybridized carbons (Fsp3) is 0.214. The van der Waals surface area contributed by atoms with Gasteiger partial charge < -0.3 is 10.4 Å². The van der Waals surface area contributed by atoms with Crippen molar-refractivity contribution in [2.45, 2.75) is 18.9 Å². The molecule has 0 spiro atoms. The molecule has 0 radical (unpaired) electrons. The molecule has 0 atom stereocenters. The Balaban J connectivity index is 1.91. The van der Waals surface area contributed by atoms with Gasteiger partial charge in [0.05, 0.1) is 16.4 Å². The molecule has 1 fully saturated rings. The number of nitrogens with zero attached hydrogens (tertiary/aromatic N) is 2. The Kier molecular flexibility index (Phi) is 3.28. The number of benzene rings is 1. The second-order valence-electron chi connectivity index (χ2n) is 4.71. The first-order valence-electron chi connectivity index (χ1n) is 6.25. The van der Waals surface area contributed by atoms with Crippen molar-refractivity contribution >= 4 is 23.3 Å². The molecule has 1 aromatic heterocycles. The fourth-order valence-corrected chi connectivity index (χ4v) is 2.11. The van der Waals surface area contributed by atoms with Gasteiger partial charge in [-0.1, -0.05) is 17.7 Å². The standard InChI is InChI=1S/C14H12ClN3O2/c15-10-5-8(1-4-11(10)18-9-2-3-9)12-6-13(14(19)20)17-7-16-12/h1,4-7,9,18H,2-3H2,(H,19,20). The molecule has 20 heavy (non-hydrogen) atoms. The van der Waals surface area contributed by atoms with Crippen molar-refractivity contribution in [1.82, 2.24) is 9.97 Å². The molecule has 3 rings (SSSR count). The number of carboxylic acids is 1. The van der Waals surface area contributed by atoms with Gasteiger partial charge in [-0.3, -0.25) is 0 Å². The maximum atomic E-state index is 10.9. The zero-order valence-electron chi connectivity index (χ0n) is 10.5. The highest BCUT2D eigenvalue weighted by atomic mass is 35.5. The van der Waals surface area contributed by atoms with Crippen molar-refractivity contribution < 1.29 is 9.90 Å². The van der Waals surface area contributed by atoms with E-state index in [-0.39, 0.29) is 5.69 Å². The minimum absolute atomic E-state index is 0.0358. The lowest BCUT2D eigenvalue weighted by Gasteiger charge is -2.09. The number of carboxylic acid groups (broad SMARTS) is 1. The molecular formula is C14H12ClN3O2. The first-order valence-corrected chi connectivity index (χ1v) is 6.63. The number of aromatic nitrogens is 2.